The standard InChI is InChI=1S/C12H16O5/c1-7-9(14-2)11(16-4)8(6-13)12(17-5)10(7)15-3/h6H,1-5H3. The minimum Gasteiger partial charge on any atom is -0.492 e. The Hall–Kier alpha value is -1.91. The highest BCUT2D eigenvalue weighted by Gasteiger charge is 2.24. The third-order valence-corrected chi connectivity index (χ3v) is 2.52. The van der Waals surface area contributed by atoms with Crippen LogP contribution in [0.5, 0.6) is 23.0 Å². The summed E-state index contributed by atoms with van der Waals surface area (Å²) in [5.41, 5.74) is 0.989. The highest BCUT2D eigenvalue weighted by molar-refractivity contribution is 5.88. The van der Waals surface area contributed by atoms with Gasteiger partial charge in [-0.25, -0.2) is 0 Å². The minimum atomic E-state index is 0.273. The normalized spacial score (nSPS) is 9.71. The molecule has 0 aromatic heterocycles. The number of aldehydes is 1. The molecule has 0 amide bonds. The van der Waals surface area contributed by atoms with Crippen molar-refractivity contribution < 1.29 is 23.7 Å². The maximum Gasteiger partial charge on any atom is 0.175 e. The van der Waals surface area contributed by atoms with Crippen LogP contribution in [0.3, 0.4) is 0 Å². The first-order valence-corrected chi connectivity index (χ1v) is 4.97. The quantitative estimate of drug-likeness (QED) is 0.735. The van der Waals surface area contributed by atoms with E-state index in [2.05, 4.69) is 0 Å². The fourth-order valence-corrected chi connectivity index (χ4v) is 1.80. The summed E-state index contributed by atoms with van der Waals surface area (Å²) in [6.07, 6.45) is 0.655. The van der Waals surface area contributed by atoms with Gasteiger partial charge in [-0.2, -0.15) is 0 Å². The minimum absolute atomic E-state index is 0.273. The average Bonchev–Trinajstić information content (AvgIpc) is 2.36. The van der Waals surface area contributed by atoms with Crippen molar-refractivity contribution in [1.29, 1.82) is 0 Å². The van der Waals surface area contributed by atoms with Crippen LogP contribution in [-0.2, 0) is 0 Å². The summed E-state index contributed by atoms with van der Waals surface area (Å²) in [5.74, 6) is 1.62. The highest BCUT2D eigenvalue weighted by Crippen LogP contribution is 2.47. The molecule has 0 spiro atoms. The largest absolute Gasteiger partial charge is 0.492 e. The maximum atomic E-state index is 11.1. The number of hydrogen-bond donors (Lipinski definition) is 0. The molecule has 5 nitrogen and oxygen atoms in total. The molecule has 17 heavy (non-hydrogen) atoms. The number of carbonyl (C=O) groups is 1. The van der Waals surface area contributed by atoms with E-state index in [-0.39, 0.29) is 5.56 Å². The molecule has 0 radical (unpaired) electrons. The Morgan fingerprint density at radius 3 is 1.35 bits per heavy atom. The lowest BCUT2D eigenvalue weighted by atomic mass is 10.1. The highest BCUT2D eigenvalue weighted by atomic mass is 16.5. The molecule has 0 unspecified atom stereocenters. The molecule has 0 aliphatic carbocycles. The van der Waals surface area contributed by atoms with Gasteiger partial charge in [-0.15, -0.1) is 0 Å². The molecule has 0 aliphatic rings. The van der Waals surface area contributed by atoms with Gasteiger partial charge in [0.05, 0.1) is 28.4 Å². The second-order valence-electron chi connectivity index (χ2n) is 3.29. The van der Waals surface area contributed by atoms with Crippen LogP contribution in [0.25, 0.3) is 0 Å². The molecule has 0 fully saturated rings. The Balaban J connectivity index is 3.72. The zero-order valence-electron chi connectivity index (χ0n) is 10.6. The van der Waals surface area contributed by atoms with Crippen molar-refractivity contribution in [3.05, 3.63) is 11.1 Å². The first kappa shape index (κ1) is 13.2. The molecule has 0 heterocycles. The molecule has 1 aromatic carbocycles. The molecule has 5 heteroatoms. The van der Waals surface area contributed by atoms with Gasteiger partial charge in [0.25, 0.3) is 0 Å². The third-order valence-electron chi connectivity index (χ3n) is 2.52. The number of benzene rings is 1. The molecule has 1 aromatic rings. The lowest BCUT2D eigenvalue weighted by Crippen LogP contribution is -2.04. The molecule has 0 saturated carbocycles. The van der Waals surface area contributed by atoms with Crippen molar-refractivity contribution in [2.24, 2.45) is 0 Å². The van der Waals surface area contributed by atoms with Gasteiger partial charge in [0.2, 0.25) is 0 Å². The zero-order valence-corrected chi connectivity index (χ0v) is 10.6. The number of methoxy groups -OCH3 is 4. The van der Waals surface area contributed by atoms with E-state index < -0.39 is 0 Å². The van der Waals surface area contributed by atoms with Gasteiger partial charge >= 0.3 is 0 Å². The van der Waals surface area contributed by atoms with Crippen LogP contribution in [-0.4, -0.2) is 34.7 Å². The van der Waals surface area contributed by atoms with E-state index in [1.165, 1.54) is 28.4 Å². The van der Waals surface area contributed by atoms with Crippen molar-refractivity contribution in [3.8, 4) is 23.0 Å². The van der Waals surface area contributed by atoms with Crippen molar-refractivity contribution in [2.75, 3.05) is 28.4 Å². The van der Waals surface area contributed by atoms with Crippen molar-refractivity contribution in [2.45, 2.75) is 6.92 Å². The van der Waals surface area contributed by atoms with Gasteiger partial charge in [0.1, 0.15) is 5.56 Å². The van der Waals surface area contributed by atoms with E-state index in [9.17, 15) is 4.79 Å². The first-order valence-electron chi connectivity index (χ1n) is 4.97. The van der Waals surface area contributed by atoms with Gasteiger partial charge in [-0.05, 0) is 6.92 Å². The summed E-state index contributed by atoms with van der Waals surface area (Å²) in [5, 5.41) is 0. The lowest BCUT2D eigenvalue weighted by Gasteiger charge is -2.19. The molecule has 0 aliphatic heterocycles. The zero-order chi connectivity index (χ0) is 13.0. The molecule has 0 bridgehead atoms. The van der Waals surface area contributed by atoms with Crippen LogP contribution >= 0.6 is 0 Å². The SMILES string of the molecule is COc1c(C)c(OC)c(OC)c(C=O)c1OC. The molecule has 0 N–H and O–H groups in total. The summed E-state index contributed by atoms with van der Waals surface area (Å²) in [7, 11) is 5.95. The molecule has 94 valence electrons. The molecular weight excluding hydrogens is 224 g/mol. The number of carbonyl (C=O) groups excluding carboxylic acids is 1. The summed E-state index contributed by atoms with van der Waals surface area (Å²) in [6.45, 7) is 1.80. The van der Waals surface area contributed by atoms with Crippen molar-refractivity contribution in [3.63, 3.8) is 0 Å². The number of ether oxygens (including phenoxy) is 4. The van der Waals surface area contributed by atoms with E-state index in [0.717, 1.165) is 0 Å². The maximum absolute atomic E-state index is 11.1. The van der Waals surface area contributed by atoms with E-state index in [0.29, 0.717) is 34.8 Å². The first-order chi connectivity index (χ1) is 8.15. The van der Waals surface area contributed by atoms with E-state index in [4.69, 9.17) is 18.9 Å². The van der Waals surface area contributed by atoms with E-state index >= 15 is 0 Å². The van der Waals surface area contributed by atoms with Gasteiger partial charge in [0, 0.05) is 5.56 Å². The Morgan fingerprint density at radius 1 is 0.765 bits per heavy atom. The predicted molar refractivity (Wildman–Crippen MR) is 62.8 cm³/mol. The van der Waals surface area contributed by atoms with Crippen molar-refractivity contribution in [1.82, 2.24) is 0 Å². The van der Waals surface area contributed by atoms with Gasteiger partial charge in [0.15, 0.2) is 29.3 Å². The fraction of sp³-hybridized carbons (Fsp3) is 0.417. The van der Waals surface area contributed by atoms with Crippen LogP contribution in [0.15, 0.2) is 0 Å². The van der Waals surface area contributed by atoms with Gasteiger partial charge < -0.3 is 18.9 Å². The van der Waals surface area contributed by atoms with Crippen LogP contribution in [0.1, 0.15) is 15.9 Å². The van der Waals surface area contributed by atoms with Crippen LogP contribution < -0.4 is 18.9 Å². The monoisotopic (exact) mass is 240 g/mol. The summed E-state index contributed by atoms with van der Waals surface area (Å²) >= 11 is 0. The summed E-state index contributed by atoms with van der Waals surface area (Å²) in [4.78, 5) is 11.1. The number of hydrogen-bond acceptors (Lipinski definition) is 5. The topological polar surface area (TPSA) is 54.0 Å². The third kappa shape index (κ3) is 2.00. The fourth-order valence-electron chi connectivity index (χ4n) is 1.80. The van der Waals surface area contributed by atoms with Crippen LogP contribution in [0.2, 0.25) is 0 Å². The number of rotatable bonds is 5. The molecule has 1 rings (SSSR count). The van der Waals surface area contributed by atoms with E-state index in [1.54, 1.807) is 6.92 Å². The molecule has 0 atom stereocenters. The van der Waals surface area contributed by atoms with Crippen LogP contribution in [0, 0.1) is 6.92 Å². The average molecular weight is 240 g/mol. The molecular formula is C12H16O5. The summed E-state index contributed by atoms with van der Waals surface area (Å²) in [6, 6.07) is 0. The Labute approximate surface area is 100 Å². The second kappa shape index (κ2) is 5.43. The smallest absolute Gasteiger partial charge is 0.175 e. The second-order valence-corrected chi connectivity index (χ2v) is 3.29. The Kier molecular flexibility index (Phi) is 4.20. The lowest BCUT2D eigenvalue weighted by molar-refractivity contribution is 0.111. The van der Waals surface area contributed by atoms with Gasteiger partial charge in [-0.3, -0.25) is 4.79 Å². The summed E-state index contributed by atoms with van der Waals surface area (Å²) < 4.78 is 20.8. The van der Waals surface area contributed by atoms with E-state index in [1.807, 2.05) is 0 Å². The van der Waals surface area contributed by atoms with Crippen molar-refractivity contribution >= 4 is 6.29 Å². The Bertz CT molecular complexity index is 392. The Morgan fingerprint density at radius 2 is 1.12 bits per heavy atom. The molecule has 0 saturated heterocycles. The van der Waals surface area contributed by atoms with Crippen LogP contribution in [0.4, 0.5) is 0 Å². The predicted octanol–water partition coefficient (Wildman–Crippen LogP) is 1.84. The van der Waals surface area contributed by atoms with Gasteiger partial charge in [-0.1, -0.05) is 0 Å².